The number of carbonyl (C=O) groups is 1. The summed E-state index contributed by atoms with van der Waals surface area (Å²) in [4.78, 5) is 11.0. The molecular formula is C19H19NO3. The molecule has 4 heteroatoms. The average molecular weight is 309 g/mol. The van der Waals surface area contributed by atoms with Crippen LogP contribution in [0.3, 0.4) is 0 Å². The summed E-state index contributed by atoms with van der Waals surface area (Å²) >= 11 is 0. The topological polar surface area (TPSA) is 59.3 Å². The standard InChI is InChI=1S/C19H19NO3/c1-13-5-6-15(11-20)10-18(13)22-16-7-8-17(14(2)9-16)23-19(3,4)12-21/h5-10,12H,1-4H3. The van der Waals surface area contributed by atoms with E-state index in [4.69, 9.17) is 14.7 Å². The number of benzene rings is 2. The van der Waals surface area contributed by atoms with E-state index in [-0.39, 0.29) is 0 Å². The predicted molar refractivity (Wildman–Crippen MR) is 87.9 cm³/mol. The molecule has 0 spiro atoms. The molecule has 0 fully saturated rings. The predicted octanol–water partition coefficient (Wildman–Crippen LogP) is 4.32. The molecule has 0 unspecified atom stereocenters. The van der Waals surface area contributed by atoms with E-state index in [0.29, 0.717) is 22.8 Å². The molecule has 2 aromatic carbocycles. The van der Waals surface area contributed by atoms with E-state index < -0.39 is 5.60 Å². The highest BCUT2D eigenvalue weighted by molar-refractivity contribution is 5.62. The molecule has 0 aliphatic rings. The van der Waals surface area contributed by atoms with Crippen molar-refractivity contribution in [1.82, 2.24) is 0 Å². The first-order valence-corrected chi connectivity index (χ1v) is 7.29. The lowest BCUT2D eigenvalue weighted by Gasteiger charge is -2.21. The van der Waals surface area contributed by atoms with Crippen LogP contribution in [0.4, 0.5) is 0 Å². The molecule has 0 N–H and O–H groups in total. The maximum Gasteiger partial charge on any atom is 0.162 e. The maximum atomic E-state index is 11.0. The third-order valence-electron chi connectivity index (χ3n) is 3.35. The van der Waals surface area contributed by atoms with Crippen LogP contribution in [0.15, 0.2) is 36.4 Å². The quantitative estimate of drug-likeness (QED) is 0.772. The smallest absolute Gasteiger partial charge is 0.162 e. The van der Waals surface area contributed by atoms with Crippen LogP contribution < -0.4 is 9.47 Å². The summed E-state index contributed by atoms with van der Waals surface area (Å²) in [5.74, 6) is 1.93. The molecular weight excluding hydrogens is 290 g/mol. The summed E-state index contributed by atoms with van der Waals surface area (Å²) in [6.07, 6.45) is 0.771. The summed E-state index contributed by atoms with van der Waals surface area (Å²) in [5.41, 5.74) is 1.50. The second-order valence-corrected chi connectivity index (χ2v) is 5.94. The van der Waals surface area contributed by atoms with Gasteiger partial charge in [-0.25, -0.2) is 0 Å². The third kappa shape index (κ3) is 4.10. The van der Waals surface area contributed by atoms with Crippen LogP contribution in [0.2, 0.25) is 0 Å². The van der Waals surface area contributed by atoms with Crippen LogP contribution in [-0.4, -0.2) is 11.9 Å². The van der Waals surface area contributed by atoms with Crippen LogP contribution >= 0.6 is 0 Å². The molecule has 0 saturated carbocycles. The van der Waals surface area contributed by atoms with Gasteiger partial charge in [0, 0.05) is 0 Å². The van der Waals surface area contributed by atoms with E-state index in [1.54, 1.807) is 38.1 Å². The Labute approximate surface area is 136 Å². The molecule has 23 heavy (non-hydrogen) atoms. The van der Waals surface area contributed by atoms with Gasteiger partial charge in [-0.3, -0.25) is 4.79 Å². The lowest BCUT2D eigenvalue weighted by atomic mass is 10.1. The molecule has 0 saturated heterocycles. The average Bonchev–Trinajstić information content (AvgIpc) is 2.52. The van der Waals surface area contributed by atoms with Crippen LogP contribution in [0.25, 0.3) is 0 Å². The third-order valence-corrected chi connectivity index (χ3v) is 3.35. The molecule has 0 aliphatic carbocycles. The molecule has 2 aromatic rings. The summed E-state index contributed by atoms with van der Waals surface area (Å²) in [5, 5.41) is 8.98. The number of aldehydes is 1. The van der Waals surface area contributed by atoms with Crippen LogP contribution in [0, 0.1) is 25.2 Å². The van der Waals surface area contributed by atoms with E-state index in [9.17, 15) is 4.79 Å². The Balaban J connectivity index is 2.25. The number of nitriles is 1. The minimum atomic E-state index is -0.870. The zero-order chi connectivity index (χ0) is 17.0. The van der Waals surface area contributed by atoms with Crippen molar-refractivity contribution in [2.75, 3.05) is 0 Å². The number of ether oxygens (including phenoxy) is 2. The number of carbonyl (C=O) groups excluding carboxylic acids is 1. The number of hydrogen-bond donors (Lipinski definition) is 0. The molecule has 0 amide bonds. The Kier molecular flexibility index (Phi) is 4.71. The minimum absolute atomic E-state index is 0.551. The van der Waals surface area contributed by atoms with Crippen LogP contribution in [0.5, 0.6) is 17.2 Å². The summed E-state index contributed by atoms with van der Waals surface area (Å²) in [7, 11) is 0. The fourth-order valence-corrected chi connectivity index (χ4v) is 2.01. The van der Waals surface area contributed by atoms with E-state index in [1.807, 2.05) is 26.0 Å². The maximum absolute atomic E-state index is 11.0. The first kappa shape index (κ1) is 16.6. The largest absolute Gasteiger partial charge is 0.480 e. The summed E-state index contributed by atoms with van der Waals surface area (Å²) < 4.78 is 11.5. The molecule has 118 valence electrons. The number of hydrogen-bond acceptors (Lipinski definition) is 4. The fraction of sp³-hybridized carbons (Fsp3) is 0.263. The summed E-state index contributed by atoms with van der Waals surface area (Å²) in [6, 6.07) is 12.8. The molecule has 0 radical (unpaired) electrons. The van der Waals surface area contributed by atoms with Gasteiger partial charge in [-0.1, -0.05) is 6.07 Å². The van der Waals surface area contributed by atoms with Crippen molar-refractivity contribution in [3.8, 4) is 23.3 Å². The Morgan fingerprint density at radius 1 is 1.04 bits per heavy atom. The highest BCUT2D eigenvalue weighted by Gasteiger charge is 2.19. The van der Waals surface area contributed by atoms with Gasteiger partial charge < -0.3 is 9.47 Å². The van der Waals surface area contributed by atoms with Crippen molar-refractivity contribution >= 4 is 6.29 Å². The van der Waals surface area contributed by atoms with Gasteiger partial charge in [0.2, 0.25) is 0 Å². The van der Waals surface area contributed by atoms with Gasteiger partial charge in [0.1, 0.15) is 17.2 Å². The van der Waals surface area contributed by atoms with E-state index in [2.05, 4.69) is 6.07 Å². The second kappa shape index (κ2) is 6.53. The molecule has 0 aliphatic heterocycles. The molecule has 0 atom stereocenters. The van der Waals surface area contributed by atoms with Gasteiger partial charge in [-0.05, 0) is 69.2 Å². The van der Waals surface area contributed by atoms with Crippen LogP contribution in [0.1, 0.15) is 30.5 Å². The van der Waals surface area contributed by atoms with Gasteiger partial charge in [-0.15, -0.1) is 0 Å². The molecule has 4 nitrogen and oxygen atoms in total. The molecule has 0 heterocycles. The van der Waals surface area contributed by atoms with Gasteiger partial charge in [0.05, 0.1) is 11.6 Å². The molecule has 0 aromatic heterocycles. The fourth-order valence-electron chi connectivity index (χ4n) is 2.01. The normalized spacial score (nSPS) is 10.7. The second-order valence-electron chi connectivity index (χ2n) is 5.94. The zero-order valence-electron chi connectivity index (χ0n) is 13.7. The van der Waals surface area contributed by atoms with Crippen molar-refractivity contribution < 1.29 is 14.3 Å². The van der Waals surface area contributed by atoms with E-state index >= 15 is 0 Å². The van der Waals surface area contributed by atoms with Gasteiger partial charge >= 0.3 is 0 Å². The Morgan fingerprint density at radius 2 is 1.78 bits per heavy atom. The van der Waals surface area contributed by atoms with Gasteiger partial charge in [0.15, 0.2) is 11.9 Å². The van der Waals surface area contributed by atoms with Gasteiger partial charge in [-0.2, -0.15) is 5.26 Å². The first-order valence-electron chi connectivity index (χ1n) is 7.29. The Hall–Kier alpha value is -2.80. The number of aryl methyl sites for hydroxylation is 2. The lowest BCUT2D eigenvalue weighted by Crippen LogP contribution is -2.30. The van der Waals surface area contributed by atoms with Crippen molar-refractivity contribution in [2.24, 2.45) is 0 Å². The minimum Gasteiger partial charge on any atom is -0.480 e. The first-order chi connectivity index (χ1) is 10.8. The van der Waals surface area contributed by atoms with Crippen molar-refractivity contribution in [1.29, 1.82) is 5.26 Å². The zero-order valence-corrected chi connectivity index (χ0v) is 13.7. The van der Waals surface area contributed by atoms with E-state index in [0.717, 1.165) is 17.4 Å². The van der Waals surface area contributed by atoms with E-state index in [1.165, 1.54) is 0 Å². The van der Waals surface area contributed by atoms with Crippen molar-refractivity contribution in [2.45, 2.75) is 33.3 Å². The molecule has 2 rings (SSSR count). The Bertz CT molecular complexity index is 773. The van der Waals surface area contributed by atoms with Crippen molar-refractivity contribution in [3.05, 3.63) is 53.1 Å². The highest BCUT2D eigenvalue weighted by Crippen LogP contribution is 2.30. The van der Waals surface area contributed by atoms with Crippen LogP contribution in [-0.2, 0) is 4.79 Å². The number of rotatable bonds is 5. The molecule has 0 bridgehead atoms. The number of nitrogens with zero attached hydrogens (tertiary/aromatic N) is 1. The highest BCUT2D eigenvalue weighted by atomic mass is 16.5. The monoisotopic (exact) mass is 309 g/mol. The lowest BCUT2D eigenvalue weighted by molar-refractivity contribution is -0.119. The van der Waals surface area contributed by atoms with Gasteiger partial charge in [0.25, 0.3) is 0 Å². The van der Waals surface area contributed by atoms with Crippen molar-refractivity contribution in [3.63, 3.8) is 0 Å². The SMILES string of the molecule is Cc1ccc(C#N)cc1Oc1ccc(OC(C)(C)C=O)c(C)c1. The Morgan fingerprint density at radius 3 is 2.39 bits per heavy atom. The summed E-state index contributed by atoms with van der Waals surface area (Å²) in [6.45, 7) is 7.23.